The van der Waals surface area contributed by atoms with Crippen LogP contribution in [-0.4, -0.2) is 36.0 Å². The van der Waals surface area contributed by atoms with Crippen molar-refractivity contribution >= 4 is 5.57 Å². The van der Waals surface area contributed by atoms with E-state index in [0.717, 1.165) is 18.5 Å². The zero-order chi connectivity index (χ0) is 18.1. The van der Waals surface area contributed by atoms with E-state index in [4.69, 9.17) is 0 Å². The van der Waals surface area contributed by atoms with Crippen LogP contribution in [0.4, 0.5) is 4.39 Å². The Hall–Kier alpha value is -3.09. The Balaban J connectivity index is 1.58. The number of aromatic nitrogens is 5. The minimum absolute atomic E-state index is 0.0455. The molecule has 0 spiro atoms. The van der Waals surface area contributed by atoms with E-state index in [2.05, 4.69) is 26.7 Å². The summed E-state index contributed by atoms with van der Waals surface area (Å²) in [5.41, 5.74) is 2.39. The summed E-state index contributed by atoms with van der Waals surface area (Å²) in [5, 5.41) is 18.6. The second kappa shape index (κ2) is 6.67. The maximum atomic E-state index is 13.9. The standard InChI is InChI=1S/C19H18FN5O/c1-12(14-3-2-4-16(14)20)17-10-22-19(24-23-17)15-6-5-13(9-18(15)26)25-8-7-21-11-25/h5-11,14,16,26H,1-4H2/t14-,16-/m1/s1. The second-order valence-corrected chi connectivity index (χ2v) is 6.42. The van der Waals surface area contributed by atoms with Crippen molar-refractivity contribution in [3.63, 3.8) is 0 Å². The third-order valence-electron chi connectivity index (χ3n) is 4.79. The summed E-state index contributed by atoms with van der Waals surface area (Å²) in [6.45, 7) is 3.98. The first-order valence-corrected chi connectivity index (χ1v) is 8.48. The Bertz CT molecular complexity index is 924. The normalized spacial score (nSPS) is 19.6. The largest absolute Gasteiger partial charge is 0.507 e. The highest BCUT2D eigenvalue weighted by molar-refractivity contribution is 5.67. The lowest BCUT2D eigenvalue weighted by molar-refractivity contribution is 0.303. The summed E-state index contributed by atoms with van der Waals surface area (Å²) in [7, 11) is 0. The van der Waals surface area contributed by atoms with Crippen LogP contribution in [0.3, 0.4) is 0 Å². The number of imidazole rings is 1. The van der Waals surface area contributed by atoms with Gasteiger partial charge in [-0.15, -0.1) is 10.2 Å². The molecule has 1 N–H and O–H groups in total. The summed E-state index contributed by atoms with van der Waals surface area (Å²) in [6.07, 6.45) is 7.97. The average Bonchev–Trinajstić information content (AvgIpc) is 3.33. The Labute approximate surface area is 150 Å². The number of hydrogen-bond acceptors (Lipinski definition) is 5. The third kappa shape index (κ3) is 2.96. The first kappa shape index (κ1) is 16.4. The van der Waals surface area contributed by atoms with Crippen molar-refractivity contribution < 1.29 is 9.50 Å². The number of aromatic hydroxyl groups is 1. The van der Waals surface area contributed by atoms with Crippen LogP contribution in [0.15, 0.2) is 49.7 Å². The van der Waals surface area contributed by atoms with Crippen LogP contribution in [0.25, 0.3) is 22.6 Å². The van der Waals surface area contributed by atoms with E-state index >= 15 is 0 Å². The molecule has 4 rings (SSSR count). The molecule has 0 unspecified atom stereocenters. The highest BCUT2D eigenvalue weighted by Crippen LogP contribution is 2.37. The van der Waals surface area contributed by atoms with E-state index in [-0.39, 0.29) is 11.7 Å². The van der Waals surface area contributed by atoms with Crippen molar-refractivity contribution in [2.75, 3.05) is 0 Å². The van der Waals surface area contributed by atoms with Crippen LogP contribution in [0.2, 0.25) is 0 Å². The zero-order valence-electron chi connectivity index (χ0n) is 14.1. The van der Waals surface area contributed by atoms with E-state index in [9.17, 15) is 9.50 Å². The van der Waals surface area contributed by atoms with Crippen LogP contribution >= 0.6 is 0 Å². The fourth-order valence-electron chi connectivity index (χ4n) is 3.32. The minimum atomic E-state index is -0.872. The molecule has 1 aromatic carbocycles. The maximum absolute atomic E-state index is 13.9. The fraction of sp³-hybridized carbons (Fsp3) is 0.263. The minimum Gasteiger partial charge on any atom is -0.507 e. The van der Waals surface area contributed by atoms with Crippen LogP contribution in [0.5, 0.6) is 5.75 Å². The number of hydrogen-bond donors (Lipinski definition) is 1. The molecule has 0 amide bonds. The maximum Gasteiger partial charge on any atom is 0.185 e. The first-order valence-electron chi connectivity index (χ1n) is 8.48. The first-order chi connectivity index (χ1) is 12.6. The molecule has 2 aromatic heterocycles. The lowest BCUT2D eigenvalue weighted by Gasteiger charge is -2.14. The van der Waals surface area contributed by atoms with Gasteiger partial charge in [-0.25, -0.2) is 14.4 Å². The average molecular weight is 351 g/mol. The number of benzene rings is 1. The molecule has 6 nitrogen and oxygen atoms in total. The van der Waals surface area contributed by atoms with Crippen molar-refractivity contribution in [3.8, 4) is 22.8 Å². The number of nitrogens with zero attached hydrogens (tertiary/aromatic N) is 5. The van der Waals surface area contributed by atoms with Crippen molar-refractivity contribution in [1.29, 1.82) is 0 Å². The Morgan fingerprint density at radius 3 is 2.77 bits per heavy atom. The number of phenolic OH excluding ortho intramolecular Hbond substituents is 1. The van der Waals surface area contributed by atoms with Gasteiger partial charge in [-0.2, -0.15) is 0 Å². The van der Waals surface area contributed by atoms with Gasteiger partial charge in [0.05, 0.1) is 23.8 Å². The molecule has 0 aliphatic heterocycles. The molecular formula is C19H18FN5O. The van der Waals surface area contributed by atoms with E-state index in [1.807, 2.05) is 6.07 Å². The Morgan fingerprint density at radius 1 is 1.27 bits per heavy atom. The lowest BCUT2D eigenvalue weighted by Crippen LogP contribution is -2.11. The molecule has 0 bridgehead atoms. The predicted molar refractivity (Wildman–Crippen MR) is 95.3 cm³/mol. The van der Waals surface area contributed by atoms with Gasteiger partial charge in [0.1, 0.15) is 17.6 Å². The molecule has 1 saturated carbocycles. The van der Waals surface area contributed by atoms with Gasteiger partial charge in [0, 0.05) is 24.4 Å². The molecule has 26 heavy (non-hydrogen) atoms. The number of rotatable bonds is 4. The summed E-state index contributed by atoms with van der Waals surface area (Å²) < 4.78 is 15.7. The number of phenols is 1. The van der Waals surface area contributed by atoms with Crippen LogP contribution in [0.1, 0.15) is 25.0 Å². The molecule has 3 aromatic rings. The van der Waals surface area contributed by atoms with Gasteiger partial charge in [0.15, 0.2) is 5.82 Å². The van der Waals surface area contributed by atoms with Gasteiger partial charge in [-0.1, -0.05) is 6.58 Å². The molecule has 0 radical (unpaired) electrons. The Kier molecular flexibility index (Phi) is 4.20. The quantitative estimate of drug-likeness (QED) is 0.777. The molecule has 0 saturated heterocycles. The van der Waals surface area contributed by atoms with Gasteiger partial charge in [0.2, 0.25) is 0 Å². The van der Waals surface area contributed by atoms with Gasteiger partial charge in [-0.3, -0.25) is 0 Å². The monoisotopic (exact) mass is 351 g/mol. The molecule has 2 atom stereocenters. The fourth-order valence-corrected chi connectivity index (χ4v) is 3.32. The van der Waals surface area contributed by atoms with Gasteiger partial charge < -0.3 is 9.67 Å². The molecule has 2 heterocycles. The summed E-state index contributed by atoms with van der Waals surface area (Å²) in [4.78, 5) is 8.27. The SMILES string of the molecule is C=C(c1cnc(-c2ccc(-n3ccnc3)cc2O)nn1)[C@H]1CCC[C@H]1F. The molecular weight excluding hydrogens is 333 g/mol. The van der Waals surface area contributed by atoms with Crippen molar-refractivity contribution in [1.82, 2.24) is 24.7 Å². The second-order valence-electron chi connectivity index (χ2n) is 6.42. The van der Waals surface area contributed by atoms with Crippen molar-refractivity contribution in [3.05, 3.63) is 55.4 Å². The Morgan fingerprint density at radius 2 is 2.15 bits per heavy atom. The lowest BCUT2D eigenvalue weighted by atomic mass is 9.95. The van der Waals surface area contributed by atoms with Crippen LogP contribution in [0, 0.1) is 5.92 Å². The van der Waals surface area contributed by atoms with Crippen LogP contribution in [-0.2, 0) is 0 Å². The van der Waals surface area contributed by atoms with Crippen LogP contribution < -0.4 is 0 Å². The predicted octanol–water partition coefficient (Wildman–Crippen LogP) is 3.58. The van der Waals surface area contributed by atoms with Gasteiger partial charge in [-0.05, 0) is 37.0 Å². The van der Waals surface area contributed by atoms with E-state index in [1.54, 1.807) is 41.6 Å². The smallest absolute Gasteiger partial charge is 0.185 e. The highest BCUT2D eigenvalue weighted by Gasteiger charge is 2.30. The topological polar surface area (TPSA) is 76.7 Å². The van der Waals surface area contributed by atoms with Gasteiger partial charge in [0.25, 0.3) is 0 Å². The van der Waals surface area contributed by atoms with Crippen molar-refractivity contribution in [2.45, 2.75) is 25.4 Å². The summed E-state index contributed by atoms with van der Waals surface area (Å²) in [5.74, 6) is 0.142. The van der Waals surface area contributed by atoms with E-state index in [0.29, 0.717) is 29.1 Å². The highest BCUT2D eigenvalue weighted by atomic mass is 19.1. The number of alkyl halides is 1. The van der Waals surface area contributed by atoms with E-state index in [1.165, 1.54) is 0 Å². The molecule has 7 heteroatoms. The van der Waals surface area contributed by atoms with Gasteiger partial charge >= 0.3 is 0 Å². The number of halogens is 1. The molecule has 1 fully saturated rings. The zero-order valence-corrected chi connectivity index (χ0v) is 14.1. The number of allylic oxidation sites excluding steroid dienone is 1. The molecule has 132 valence electrons. The summed E-state index contributed by atoms with van der Waals surface area (Å²) in [6, 6.07) is 5.17. The van der Waals surface area contributed by atoms with E-state index < -0.39 is 6.17 Å². The summed E-state index contributed by atoms with van der Waals surface area (Å²) >= 11 is 0. The molecule has 1 aliphatic carbocycles. The van der Waals surface area contributed by atoms with Crippen molar-refractivity contribution in [2.24, 2.45) is 5.92 Å². The third-order valence-corrected chi connectivity index (χ3v) is 4.79. The molecule has 1 aliphatic rings.